The normalized spacial score (nSPS) is 9.75. The van der Waals surface area contributed by atoms with Crippen LogP contribution in [0.3, 0.4) is 0 Å². The van der Waals surface area contributed by atoms with Gasteiger partial charge in [-0.25, -0.2) is 0 Å². The number of aromatic nitrogens is 1. The van der Waals surface area contributed by atoms with E-state index >= 15 is 0 Å². The largest absolute Gasteiger partial charge is 0.351 e. The Morgan fingerprint density at radius 2 is 2.50 bits per heavy atom. The van der Waals surface area contributed by atoms with Crippen LogP contribution in [-0.4, -0.2) is 16.8 Å². The number of H-pyrrole nitrogens is 1. The fourth-order valence-electron chi connectivity index (χ4n) is 0.728. The van der Waals surface area contributed by atoms with Gasteiger partial charge in [0.25, 0.3) is 5.91 Å². The lowest BCUT2D eigenvalue weighted by Crippen LogP contribution is -2.24. The Hall–Kier alpha value is -1.10. The van der Waals surface area contributed by atoms with Crippen molar-refractivity contribution in [3.05, 3.63) is 21.3 Å². The molecule has 0 aliphatic heterocycles. The van der Waals surface area contributed by atoms with Gasteiger partial charge in [-0.3, -0.25) is 9.59 Å². The fraction of sp³-hybridized carbons (Fsp3) is 0.429. The second kappa shape index (κ2) is 4.06. The lowest BCUT2D eigenvalue weighted by atomic mass is 10.4. The number of carbonyl (C=O) groups excluding carboxylic acids is 1. The Morgan fingerprint density at radius 1 is 1.75 bits per heavy atom. The van der Waals surface area contributed by atoms with Crippen LogP contribution in [0.5, 0.6) is 0 Å². The van der Waals surface area contributed by atoms with Gasteiger partial charge in [-0.05, 0) is 18.0 Å². The average molecular weight is 186 g/mol. The number of rotatable bonds is 3. The van der Waals surface area contributed by atoms with Crippen molar-refractivity contribution in [3.63, 3.8) is 0 Å². The highest BCUT2D eigenvalue weighted by molar-refractivity contribution is 7.03. The molecule has 0 aliphatic carbocycles. The zero-order valence-corrected chi connectivity index (χ0v) is 7.53. The van der Waals surface area contributed by atoms with E-state index in [1.807, 2.05) is 6.92 Å². The SMILES string of the molecule is CCCNC(=O)c1cc(=O)s[nH]1. The third-order valence-corrected chi connectivity index (χ3v) is 1.94. The Balaban J connectivity index is 2.59. The molecule has 0 unspecified atom stereocenters. The van der Waals surface area contributed by atoms with Crippen molar-refractivity contribution >= 4 is 17.4 Å². The first-order valence-corrected chi connectivity index (χ1v) is 4.52. The Morgan fingerprint density at radius 3 is 3.00 bits per heavy atom. The molecule has 0 spiro atoms. The first-order valence-electron chi connectivity index (χ1n) is 3.70. The van der Waals surface area contributed by atoms with Gasteiger partial charge in [0, 0.05) is 12.6 Å². The van der Waals surface area contributed by atoms with E-state index in [-0.39, 0.29) is 10.6 Å². The van der Waals surface area contributed by atoms with Crippen LogP contribution in [0.1, 0.15) is 23.8 Å². The second-order valence-corrected chi connectivity index (χ2v) is 3.15. The van der Waals surface area contributed by atoms with Gasteiger partial charge >= 0.3 is 0 Å². The number of aromatic amines is 1. The topological polar surface area (TPSA) is 62.0 Å². The van der Waals surface area contributed by atoms with Gasteiger partial charge in [-0.15, -0.1) is 0 Å². The molecule has 5 heteroatoms. The van der Waals surface area contributed by atoms with Crippen LogP contribution in [-0.2, 0) is 0 Å². The molecule has 66 valence electrons. The molecule has 2 N–H and O–H groups in total. The van der Waals surface area contributed by atoms with Crippen molar-refractivity contribution in [2.24, 2.45) is 0 Å². The summed E-state index contributed by atoms with van der Waals surface area (Å²) in [5, 5.41) is 2.66. The van der Waals surface area contributed by atoms with E-state index in [0.29, 0.717) is 12.2 Å². The molecule has 12 heavy (non-hydrogen) atoms. The van der Waals surface area contributed by atoms with Crippen molar-refractivity contribution in [1.82, 2.24) is 9.69 Å². The van der Waals surface area contributed by atoms with Gasteiger partial charge in [0.2, 0.25) is 4.74 Å². The standard InChI is InChI=1S/C7H10N2O2S/c1-2-3-8-7(11)5-4-6(10)12-9-5/h4,9H,2-3H2,1H3,(H,8,11). The smallest absolute Gasteiger partial charge is 0.268 e. The highest BCUT2D eigenvalue weighted by Crippen LogP contribution is 1.92. The average Bonchev–Trinajstić information content (AvgIpc) is 2.47. The van der Waals surface area contributed by atoms with Crippen LogP contribution in [0.25, 0.3) is 0 Å². The van der Waals surface area contributed by atoms with Gasteiger partial charge in [0.15, 0.2) is 0 Å². The van der Waals surface area contributed by atoms with Crippen molar-refractivity contribution in [2.45, 2.75) is 13.3 Å². The van der Waals surface area contributed by atoms with E-state index in [9.17, 15) is 9.59 Å². The number of nitrogens with one attached hydrogen (secondary N) is 2. The van der Waals surface area contributed by atoms with Gasteiger partial charge in [-0.2, -0.15) is 0 Å². The number of carbonyl (C=O) groups is 1. The summed E-state index contributed by atoms with van der Waals surface area (Å²) < 4.78 is 2.50. The minimum atomic E-state index is -0.213. The van der Waals surface area contributed by atoms with Crippen LogP contribution >= 0.6 is 11.5 Å². The summed E-state index contributed by atoms with van der Waals surface area (Å²) in [6.45, 7) is 2.60. The predicted octanol–water partition coefficient (Wildman–Crippen LogP) is 0.576. The van der Waals surface area contributed by atoms with Crippen LogP contribution < -0.4 is 10.1 Å². The van der Waals surface area contributed by atoms with Gasteiger partial charge in [-0.1, -0.05) is 6.92 Å². The third kappa shape index (κ3) is 2.20. The van der Waals surface area contributed by atoms with Crippen molar-refractivity contribution in [3.8, 4) is 0 Å². The number of hydrogen-bond donors (Lipinski definition) is 2. The second-order valence-electron chi connectivity index (χ2n) is 2.34. The molecule has 0 aromatic carbocycles. The third-order valence-electron chi connectivity index (χ3n) is 1.30. The van der Waals surface area contributed by atoms with Crippen LogP contribution in [0, 0.1) is 0 Å². The molecule has 0 atom stereocenters. The Bertz CT molecular complexity index is 315. The van der Waals surface area contributed by atoms with E-state index in [0.717, 1.165) is 18.0 Å². The predicted molar refractivity (Wildman–Crippen MR) is 47.6 cm³/mol. The maximum atomic E-state index is 11.1. The number of hydrogen-bond acceptors (Lipinski definition) is 3. The van der Waals surface area contributed by atoms with Crippen molar-refractivity contribution in [1.29, 1.82) is 0 Å². The minimum absolute atomic E-state index is 0.128. The molecule has 0 bridgehead atoms. The zero-order chi connectivity index (χ0) is 8.97. The molecular weight excluding hydrogens is 176 g/mol. The molecule has 0 radical (unpaired) electrons. The zero-order valence-electron chi connectivity index (χ0n) is 6.72. The highest BCUT2D eigenvalue weighted by Gasteiger charge is 2.05. The Kier molecular flexibility index (Phi) is 3.04. The summed E-state index contributed by atoms with van der Waals surface area (Å²) in [5.74, 6) is -0.213. The molecule has 4 nitrogen and oxygen atoms in total. The van der Waals surface area contributed by atoms with E-state index < -0.39 is 0 Å². The van der Waals surface area contributed by atoms with Crippen LogP contribution in [0.2, 0.25) is 0 Å². The quantitative estimate of drug-likeness (QED) is 0.725. The lowest BCUT2D eigenvalue weighted by molar-refractivity contribution is 0.0950. The molecule has 1 aromatic rings. The van der Waals surface area contributed by atoms with Crippen molar-refractivity contribution < 1.29 is 4.79 Å². The summed E-state index contributed by atoms with van der Waals surface area (Å²) in [6.07, 6.45) is 0.889. The van der Waals surface area contributed by atoms with Crippen molar-refractivity contribution in [2.75, 3.05) is 6.54 Å². The summed E-state index contributed by atoms with van der Waals surface area (Å²) in [7, 11) is 0. The van der Waals surface area contributed by atoms with Crippen LogP contribution in [0.15, 0.2) is 10.9 Å². The molecule has 1 heterocycles. The highest BCUT2D eigenvalue weighted by atomic mass is 32.1. The maximum absolute atomic E-state index is 11.1. The Labute approximate surface area is 73.8 Å². The monoisotopic (exact) mass is 186 g/mol. The fourth-order valence-corrected chi connectivity index (χ4v) is 1.27. The van der Waals surface area contributed by atoms with Gasteiger partial charge < -0.3 is 9.69 Å². The maximum Gasteiger partial charge on any atom is 0.268 e. The molecule has 1 rings (SSSR count). The van der Waals surface area contributed by atoms with Gasteiger partial charge in [0.1, 0.15) is 5.69 Å². The number of amides is 1. The van der Waals surface area contributed by atoms with Gasteiger partial charge in [0.05, 0.1) is 0 Å². The minimum Gasteiger partial charge on any atom is -0.351 e. The molecule has 0 saturated heterocycles. The first kappa shape index (κ1) is 8.99. The summed E-state index contributed by atoms with van der Waals surface area (Å²) in [5.41, 5.74) is 0.346. The van der Waals surface area contributed by atoms with E-state index in [2.05, 4.69) is 9.69 Å². The molecule has 0 fully saturated rings. The first-order chi connectivity index (χ1) is 5.74. The van der Waals surface area contributed by atoms with Crippen LogP contribution in [0.4, 0.5) is 0 Å². The lowest BCUT2D eigenvalue weighted by Gasteiger charge is -1.98. The van der Waals surface area contributed by atoms with E-state index in [1.54, 1.807) is 0 Å². The molecule has 1 aromatic heterocycles. The summed E-state index contributed by atoms with van der Waals surface area (Å²) >= 11 is 0.925. The molecule has 0 aliphatic rings. The van der Waals surface area contributed by atoms with E-state index in [4.69, 9.17) is 0 Å². The molecular formula is C7H10N2O2S. The van der Waals surface area contributed by atoms with E-state index in [1.165, 1.54) is 6.07 Å². The summed E-state index contributed by atoms with van der Waals surface area (Å²) in [6, 6.07) is 1.30. The molecule has 0 saturated carbocycles. The summed E-state index contributed by atoms with van der Waals surface area (Å²) in [4.78, 5) is 21.8. The molecule has 1 amide bonds.